The zero-order valence-electron chi connectivity index (χ0n) is 17.2. The van der Waals surface area contributed by atoms with Gasteiger partial charge in [-0.05, 0) is 86.3 Å². The topological polar surface area (TPSA) is 66.5 Å². The number of hydrogen-bond donors (Lipinski definition) is 1. The van der Waals surface area contributed by atoms with Crippen molar-refractivity contribution in [3.63, 3.8) is 0 Å². The molecule has 0 radical (unpaired) electrons. The zero-order valence-corrected chi connectivity index (χ0v) is 18.0. The molecule has 1 amide bonds. The number of anilines is 2. The predicted octanol–water partition coefficient (Wildman–Crippen LogP) is 4.70. The van der Waals surface area contributed by atoms with Gasteiger partial charge in [0.15, 0.2) is 0 Å². The smallest absolute Gasteiger partial charge is 0.264 e. The van der Waals surface area contributed by atoms with E-state index in [1.54, 1.807) is 48.5 Å². The Bertz CT molecular complexity index is 1200. The standard InChI is InChI=1S/C24H24N2O3S/c1-16-11-17(2)13-21(12-16)25-24(27)19-9-10-23-20(15-19)14-18(3)26(23)30(28,29)22-7-5-4-6-8-22/h4-13,15,18H,14H2,1-3H3,(H,25,27)/t18-/m1/s1. The molecule has 4 rings (SSSR count). The molecule has 154 valence electrons. The first-order valence-corrected chi connectivity index (χ1v) is 11.3. The minimum absolute atomic E-state index is 0.209. The van der Waals surface area contributed by atoms with E-state index in [1.165, 1.54) is 4.31 Å². The van der Waals surface area contributed by atoms with Gasteiger partial charge in [0, 0.05) is 17.3 Å². The summed E-state index contributed by atoms with van der Waals surface area (Å²) in [6, 6.07) is 19.3. The molecule has 0 unspecified atom stereocenters. The summed E-state index contributed by atoms with van der Waals surface area (Å²) in [5.74, 6) is -0.209. The average Bonchev–Trinajstić information content (AvgIpc) is 3.03. The van der Waals surface area contributed by atoms with Gasteiger partial charge in [0.25, 0.3) is 15.9 Å². The van der Waals surface area contributed by atoms with Gasteiger partial charge in [-0.25, -0.2) is 8.42 Å². The largest absolute Gasteiger partial charge is 0.322 e. The van der Waals surface area contributed by atoms with Crippen molar-refractivity contribution in [3.8, 4) is 0 Å². The van der Waals surface area contributed by atoms with Gasteiger partial charge in [0.05, 0.1) is 10.6 Å². The van der Waals surface area contributed by atoms with E-state index in [0.29, 0.717) is 17.7 Å². The Hall–Kier alpha value is -3.12. The summed E-state index contributed by atoms with van der Waals surface area (Å²) in [6.07, 6.45) is 0.562. The third-order valence-electron chi connectivity index (χ3n) is 5.27. The van der Waals surface area contributed by atoms with Gasteiger partial charge >= 0.3 is 0 Å². The highest BCUT2D eigenvalue weighted by Gasteiger charge is 2.36. The van der Waals surface area contributed by atoms with Crippen LogP contribution < -0.4 is 9.62 Å². The summed E-state index contributed by atoms with van der Waals surface area (Å²) in [4.78, 5) is 13.0. The molecule has 0 aliphatic carbocycles. The highest BCUT2D eigenvalue weighted by molar-refractivity contribution is 7.92. The molecule has 0 spiro atoms. The number of amides is 1. The third kappa shape index (κ3) is 3.71. The van der Waals surface area contributed by atoms with E-state index in [1.807, 2.05) is 39.0 Å². The normalized spacial score (nSPS) is 15.7. The highest BCUT2D eigenvalue weighted by Crippen LogP contribution is 2.37. The van der Waals surface area contributed by atoms with Gasteiger partial charge in [0.2, 0.25) is 0 Å². The average molecular weight is 421 g/mol. The van der Waals surface area contributed by atoms with E-state index < -0.39 is 10.0 Å². The molecule has 6 heteroatoms. The molecule has 1 aliphatic heterocycles. The molecule has 30 heavy (non-hydrogen) atoms. The number of carbonyl (C=O) groups is 1. The first-order valence-electron chi connectivity index (χ1n) is 9.88. The number of aryl methyl sites for hydroxylation is 2. The van der Waals surface area contributed by atoms with Gasteiger partial charge in [-0.15, -0.1) is 0 Å². The van der Waals surface area contributed by atoms with Crippen LogP contribution in [0.5, 0.6) is 0 Å². The van der Waals surface area contributed by atoms with Crippen molar-refractivity contribution in [1.29, 1.82) is 0 Å². The molecule has 0 bridgehead atoms. The lowest BCUT2D eigenvalue weighted by Crippen LogP contribution is -2.35. The maximum atomic E-state index is 13.2. The molecule has 1 N–H and O–H groups in total. The van der Waals surface area contributed by atoms with Crippen molar-refractivity contribution in [1.82, 2.24) is 0 Å². The number of hydrogen-bond acceptors (Lipinski definition) is 3. The number of fused-ring (bicyclic) bond motifs is 1. The van der Waals surface area contributed by atoms with E-state index in [2.05, 4.69) is 5.32 Å². The van der Waals surface area contributed by atoms with Crippen LogP contribution >= 0.6 is 0 Å². The molecule has 0 aromatic heterocycles. The van der Waals surface area contributed by atoms with Crippen LogP contribution in [-0.2, 0) is 16.4 Å². The number of nitrogens with one attached hydrogen (secondary N) is 1. The van der Waals surface area contributed by atoms with Crippen LogP contribution in [0.3, 0.4) is 0 Å². The number of carbonyl (C=O) groups excluding carboxylic acids is 1. The van der Waals surface area contributed by atoms with E-state index >= 15 is 0 Å². The maximum absolute atomic E-state index is 13.2. The number of sulfonamides is 1. The number of benzene rings is 3. The second-order valence-corrected chi connectivity index (χ2v) is 9.66. The first kappa shape index (κ1) is 20.2. The minimum atomic E-state index is -3.66. The summed E-state index contributed by atoms with van der Waals surface area (Å²) < 4.78 is 27.8. The molecular formula is C24H24N2O3S. The molecule has 0 saturated carbocycles. The Labute approximate surface area is 177 Å². The fourth-order valence-corrected chi connectivity index (χ4v) is 5.78. The van der Waals surface area contributed by atoms with Gasteiger partial charge < -0.3 is 5.32 Å². The Morgan fingerprint density at radius 1 is 0.967 bits per heavy atom. The van der Waals surface area contributed by atoms with Crippen LogP contribution in [0, 0.1) is 13.8 Å². The molecule has 1 atom stereocenters. The Morgan fingerprint density at radius 3 is 2.30 bits per heavy atom. The maximum Gasteiger partial charge on any atom is 0.264 e. The molecule has 0 saturated heterocycles. The number of nitrogens with zero attached hydrogens (tertiary/aromatic N) is 1. The lowest BCUT2D eigenvalue weighted by Gasteiger charge is -2.24. The van der Waals surface area contributed by atoms with Gasteiger partial charge in [0.1, 0.15) is 0 Å². The number of rotatable bonds is 4. The van der Waals surface area contributed by atoms with Gasteiger partial charge in [-0.1, -0.05) is 24.3 Å². The third-order valence-corrected chi connectivity index (χ3v) is 7.22. The summed E-state index contributed by atoms with van der Waals surface area (Å²) in [5.41, 5.74) is 4.91. The van der Waals surface area contributed by atoms with Crippen molar-refractivity contribution in [2.24, 2.45) is 0 Å². The first-order chi connectivity index (χ1) is 14.3. The molecule has 3 aromatic rings. The summed E-state index contributed by atoms with van der Waals surface area (Å²) in [5, 5.41) is 2.94. The highest BCUT2D eigenvalue weighted by atomic mass is 32.2. The lowest BCUT2D eigenvalue weighted by atomic mass is 10.1. The molecule has 3 aromatic carbocycles. The predicted molar refractivity (Wildman–Crippen MR) is 120 cm³/mol. The van der Waals surface area contributed by atoms with Crippen LogP contribution in [0.15, 0.2) is 71.6 Å². The molecule has 5 nitrogen and oxygen atoms in total. The van der Waals surface area contributed by atoms with Gasteiger partial charge in [-0.2, -0.15) is 0 Å². The van der Waals surface area contributed by atoms with Crippen LogP contribution in [0.1, 0.15) is 34.0 Å². The van der Waals surface area contributed by atoms with E-state index in [9.17, 15) is 13.2 Å². The quantitative estimate of drug-likeness (QED) is 0.666. The van der Waals surface area contributed by atoms with E-state index in [0.717, 1.165) is 22.4 Å². The second kappa shape index (κ2) is 7.61. The van der Waals surface area contributed by atoms with Gasteiger partial charge in [-0.3, -0.25) is 9.10 Å². The summed E-state index contributed by atoms with van der Waals surface area (Å²) in [7, 11) is -3.66. The van der Waals surface area contributed by atoms with Crippen LogP contribution in [0.25, 0.3) is 0 Å². The molecule has 0 fully saturated rings. The minimum Gasteiger partial charge on any atom is -0.322 e. The van der Waals surface area contributed by atoms with Crippen LogP contribution in [0.4, 0.5) is 11.4 Å². The van der Waals surface area contributed by atoms with E-state index in [4.69, 9.17) is 0 Å². The molecule has 1 heterocycles. The van der Waals surface area contributed by atoms with Crippen LogP contribution in [-0.4, -0.2) is 20.4 Å². The van der Waals surface area contributed by atoms with Crippen molar-refractivity contribution in [3.05, 3.63) is 89.0 Å². The van der Waals surface area contributed by atoms with Crippen molar-refractivity contribution in [2.75, 3.05) is 9.62 Å². The second-order valence-electron chi connectivity index (χ2n) is 7.84. The lowest BCUT2D eigenvalue weighted by molar-refractivity contribution is 0.102. The van der Waals surface area contributed by atoms with E-state index in [-0.39, 0.29) is 16.8 Å². The molecule has 1 aliphatic rings. The Balaban J connectivity index is 1.63. The Morgan fingerprint density at radius 2 is 1.63 bits per heavy atom. The van der Waals surface area contributed by atoms with Crippen molar-refractivity contribution in [2.45, 2.75) is 38.1 Å². The Kier molecular flexibility index (Phi) is 5.12. The van der Waals surface area contributed by atoms with Crippen LogP contribution in [0.2, 0.25) is 0 Å². The SMILES string of the molecule is Cc1cc(C)cc(NC(=O)c2ccc3c(c2)C[C@@H](C)N3S(=O)(=O)c2ccccc2)c1. The molecular weight excluding hydrogens is 396 g/mol. The fraction of sp³-hybridized carbons (Fsp3) is 0.208. The summed E-state index contributed by atoms with van der Waals surface area (Å²) >= 11 is 0. The van der Waals surface area contributed by atoms with Crippen molar-refractivity contribution < 1.29 is 13.2 Å². The van der Waals surface area contributed by atoms with Crippen molar-refractivity contribution >= 4 is 27.3 Å². The summed E-state index contributed by atoms with van der Waals surface area (Å²) in [6.45, 7) is 5.86. The monoisotopic (exact) mass is 420 g/mol. The zero-order chi connectivity index (χ0) is 21.5. The fourth-order valence-electron chi connectivity index (χ4n) is 4.07.